The van der Waals surface area contributed by atoms with Crippen molar-refractivity contribution in [3.63, 3.8) is 0 Å². The molecule has 0 N–H and O–H groups in total. The van der Waals surface area contributed by atoms with Gasteiger partial charge in [-0.1, -0.05) is 231 Å². The fraction of sp³-hybridized carbons (Fsp3) is 0.0746. The van der Waals surface area contributed by atoms with E-state index in [0.717, 1.165) is 67.7 Å². The molecule has 2 unspecified atom stereocenters. The van der Waals surface area contributed by atoms with Gasteiger partial charge in [-0.15, -0.1) is 0 Å². The maximum Gasteiger partial charge on any atom is 0.195 e. The summed E-state index contributed by atoms with van der Waals surface area (Å²) < 4.78 is 6.64. The quantitative estimate of drug-likeness (QED) is 0.0586. The Bertz CT molecular complexity index is 3270. The molecule has 2 atom stereocenters. The number of Topliss-reactive ketones (excluding diaryl/α,β-unsaturated/α-hetero) is 2. The zero-order valence-corrected chi connectivity index (χ0v) is 39.6. The summed E-state index contributed by atoms with van der Waals surface area (Å²) in [6, 6.07) is 57.2. The van der Waals surface area contributed by atoms with E-state index in [9.17, 15) is 9.59 Å². The molecule has 0 saturated heterocycles. The van der Waals surface area contributed by atoms with Gasteiger partial charge in [-0.3, -0.25) is 9.59 Å². The Kier molecular flexibility index (Phi) is 14.3. The number of carbonyl (C=O) groups is 2. The highest BCUT2D eigenvalue weighted by molar-refractivity contribution is 6.48. The number of ketones is 2. The second-order valence-electron chi connectivity index (χ2n) is 17.5. The van der Waals surface area contributed by atoms with Crippen molar-refractivity contribution in [3.8, 4) is 5.75 Å². The molecule has 3 nitrogen and oxygen atoms in total. The van der Waals surface area contributed by atoms with E-state index >= 15 is 0 Å². The Morgan fingerprint density at radius 1 is 0.657 bits per heavy atom. The highest BCUT2D eigenvalue weighted by Gasteiger charge is 2.36. The van der Waals surface area contributed by atoms with Crippen LogP contribution in [-0.4, -0.2) is 11.6 Å². The Morgan fingerprint density at radius 3 is 1.90 bits per heavy atom. The fourth-order valence-corrected chi connectivity index (χ4v) is 9.54. The molecule has 9 rings (SSSR count). The van der Waals surface area contributed by atoms with Crippen LogP contribution in [-0.2, 0) is 9.59 Å². The molecule has 0 amide bonds. The van der Waals surface area contributed by atoms with Gasteiger partial charge in [0.15, 0.2) is 11.6 Å². The molecule has 3 aliphatic rings. The minimum Gasteiger partial charge on any atom is -0.457 e. The fourth-order valence-electron chi connectivity index (χ4n) is 9.54. The van der Waals surface area contributed by atoms with Crippen LogP contribution in [0.2, 0.25) is 0 Å². The summed E-state index contributed by atoms with van der Waals surface area (Å²) in [5.41, 5.74) is 14.1. The van der Waals surface area contributed by atoms with Gasteiger partial charge >= 0.3 is 0 Å². The van der Waals surface area contributed by atoms with Crippen molar-refractivity contribution >= 4 is 39.9 Å². The standard InChI is InChI=1S/C67H54O3/c1-5-20-49(6-2)65-63(53-27-17-10-18-28-53)64(66(67(65)69)57-33-31-46(3)32-34-57)56-40-43-59(44-41-56)70-58-30-19-29-54(39-42-58)62(60(52-25-15-9-16-26-52)45-48-21-11-7-12-22-48)61(47(4)68)55-37-35-51(36-38-55)50-23-13-8-14-24-50/h5-35,37-45,51,54H,1-2,36H2,3-4H3/b49-20+,60-45+,62-61+. The number of allylic oxidation sites excluding steroid dienone is 20. The summed E-state index contributed by atoms with van der Waals surface area (Å²) in [6.07, 6.45) is 25.1. The van der Waals surface area contributed by atoms with E-state index in [2.05, 4.69) is 98.1 Å². The predicted molar refractivity (Wildman–Crippen MR) is 291 cm³/mol. The van der Waals surface area contributed by atoms with Crippen LogP contribution in [0.25, 0.3) is 28.4 Å². The molecule has 3 heteroatoms. The number of benzene rings is 6. The second-order valence-corrected chi connectivity index (χ2v) is 17.5. The first-order chi connectivity index (χ1) is 34.3. The first-order valence-corrected chi connectivity index (χ1v) is 23.8. The average Bonchev–Trinajstić information content (AvgIpc) is 3.52. The van der Waals surface area contributed by atoms with Crippen LogP contribution in [0.4, 0.5) is 0 Å². The van der Waals surface area contributed by atoms with Crippen molar-refractivity contribution in [3.05, 3.63) is 322 Å². The molecule has 6 aromatic carbocycles. The first-order valence-electron chi connectivity index (χ1n) is 23.8. The van der Waals surface area contributed by atoms with Crippen molar-refractivity contribution in [1.82, 2.24) is 0 Å². The smallest absolute Gasteiger partial charge is 0.195 e. The van der Waals surface area contributed by atoms with Crippen molar-refractivity contribution in [2.24, 2.45) is 5.92 Å². The van der Waals surface area contributed by atoms with Crippen LogP contribution in [0.1, 0.15) is 58.2 Å². The van der Waals surface area contributed by atoms with E-state index in [1.54, 1.807) is 19.1 Å². The molecule has 0 aromatic heterocycles. The van der Waals surface area contributed by atoms with Gasteiger partial charge < -0.3 is 4.74 Å². The van der Waals surface area contributed by atoms with Gasteiger partial charge in [-0.25, -0.2) is 0 Å². The third-order valence-electron chi connectivity index (χ3n) is 12.9. The SMILES string of the molecule is C=C/C=C(\C=C)C1=C(c2ccccc2)C(c2ccc(OC3=CC=CC(C(=C(/C(C)=O)C4=CCC(c5ccccc5)C=C4)/C(=C/c4ccccc4)c4ccccc4)C=C3)cc2)=C(c2ccc(C)cc2)C1=O. The van der Waals surface area contributed by atoms with Crippen LogP contribution in [0.5, 0.6) is 5.75 Å². The Labute approximate surface area is 412 Å². The van der Waals surface area contributed by atoms with E-state index in [1.807, 2.05) is 153 Å². The zero-order valence-electron chi connectivity index (χ0n) is 39.6. The first kappa shape index (κ1) is 46.5. The predicted octanol–water partition coefficient (Wildman–Crippen LogP) is 16.0. The lowest BCUT2D eigenvalue weighted by Crippen LogP contribution is -2.13. The Morgan fingerprint density at radius 2 is 1.27 bits per heavy atom. The van der Waals surface area contributed by atoms with Gasteiger partial charge in [-0.2, -0.15) is 0 Å². The van der Waals surface area contributed by atoms with Gasteiger partial charge in [0, 0.05) is 39.7 Å². The number of hydrogen-bond acceptors (Lipinski definition) is 3. The molecule has 6 aromatic rings. The van der Waals surface area contributed by atoms with E-state index in [4.69, 9.17) is 4.74 Å². The number of carbonyl (C=O) groups excluding carboxylic acids is 2. The molecular weight excluding hydrogens is 853 g/mol. The summed E-state index contributed by atoms with van der Waals surface area (Å²) in [4.78, 5) is 29.0. The largest absolute Gasteiger partial charge is 0.457 e. The molecular formula is C67H54O3. The average molecular weight is 907 g/mol. The lowest BCUT2D eigenvalue weighted by Gasteiger charge is -2.25. The maximum absolute atomic E-state index is 14.8. The molecule has 0 aliphatic heterocycles. The monoisotopic (exact) mass is 906 g/mol. The van der Waals surface area contributed by atoms with E-state index in [1.165, 1.54) is 5.56 Å². The summed E-state index contributed by atoms with van der Waals surface area (Å²) in [6.45, 7) is 11.8. The second kappa shape index (κ2) is 21.5. The van der Waals surface area contributed by atoms with Gasteiger partial charge in [0.2, 0.25) is 0 Å². The van der Waals surface area contributed by atoms with E-state index in [-0.39, 0.29) is 23.4 Å². The minimum atomic E-state index is -0.296. The number of rotatable bonds is 15. The topological polar surface area (TPSA) is 43.4 Å². The Balaban J connectivity index is 1.09. The zero-order chi connectivity index (χ0) is 48.4. The van der Waals surface area contributed by atoms with Crippen LogP contribution in [0.3, 0.4) is 0 Å². The van der Waals surface area contributed by atoms with Crippen molar-refractivity contribution < 1.29 is 14.3 Å². The summed E-state index contributed by atoms with van der Waals surface area (Å²) >= 11 is 0. The molecule has 0 spiro atoms. The van der Waals surface area contributed by atoms with Crippen molar-refractivity contribution in [2.45, 2.75) is 26.2 Å². The molecule has 0 heterocycles. The molecule has 0 bridgehead atoms. The van der Waals surface area contributed by atoms with Crippen LogP contribution >= 0.6 is 0 Å². The molecule has 0 fully saturated rings. The van der Waals surface area contributed by atoms with Gasteiger partial charge in [0.25, 0.3) is 0 Å². The third-order valence-corrected chi connectivity index (χ3v) is 12.9. The maximum atomic E-state index is 14.8. The number of aryl methyl sites for hydroxylation is 1. The molecule has 70 heavy (non-hydrogen) atoms. The van der Waals surface area contributed by atoms with E-state index < -0.39 is 0 Å². The summed E-state index contributed by atoms with van der Waals surface area (Å²) in [5, 5.41) is 0. The number of ether oxygens (including phenoxy) is 1. The van der Waals surface area contributed by atoms with Gasteiger partial charge in [0.05, 0.1) is 0 Å². The molecule has 0 radical (unpaired) electrons. The van der Waals surface area contributed by atoms with Crippen molar-refractivity contribution in [1.29, 1.82) is 0 Å². The molecule has 3 aliphatic carbocycles. The minimum absolute atomic E-state index is 0.00559. The number of hydrogen-bond donors (Lipinski definition) is 0. The summed E-state index contributed by atoms with van der Waals surface area (Å²) in [5.74, 6) is 1.13. The van der Waals surface area contributed by atoms with Crippen molar-refractivity contribution in [2.75, 3.05) is 0 Å². The lowest BCUT2D eigenvalue weighted by molar-refractivity contribution is -0.113. The molecule has 0 saturated carbocycles. The summed E-state index contributed by atoms with van der Waals surface area (Å²) in [7, 11) is 0. The van der Waals surface area contributed by atoms with Gasteiger partial charge in [0.1, 0.15) is 11.5 Å². The molecule has 340 valence electrons. The van der Waals surface area contributed by atoms with Crippen LogP contribution < -0.4 is 4.74 Å². The van der Waals surface area contributed by atoms with E-state index in [0.29, 0.717) is 33.8 Å². The third kappa shape index (κ3) is 10.1. The van der Waals surface area contributed by atoms with Crippen LogP contribution in [0, 0.1) is 12.8 Å². The Hall–Kier alpha value is -8.66. The van der Waals surface area contributed by atoms with Gasteiger partial charge in [-0.05, 0) is 106 Å². The lowest BCUT2D eigenvalue weighted by atomic mass is 9.78. The van der Waals surface area contributed by atoms with Crippen LogP contribution in [0.15, 0.2) is 283 Å². The highest BCUT2D eigenvalue weighted by Crippen LogP contribution is 2.49. The normalized spacial score (nSPS) is 17.4. The highest BCUT2D eigenvalue weighted by atomic mass is 16.5.